The lowest BCUT2D eigenvalue weighted by atomic mass is 10.1. The second-order valence-corrected chi connectivity index (χ2v) is 6.28. The van der Waals surface area contributed by atoms with Gasteiger partial charge < -0.3 is 15.4 Å². The highest BCUT2D eigenvalue weighted by Gasteiger charge is 2.15. The molecule has 28 heavy (non-hydrogen) atoms. The van der Waals surface area contributed by atoms with E-state index in [9.17, 15) is 9.59 Å². The van der Waals surface area contributed by atoms with E-state index in [1.165, 1.54) is 19.5 Å². The van der Waals surface area contributed by atoms with Gasteiger partial charge in [-0.25, -0.2) is 14.8 Å². The highest BCUT2D eigenvalue weighted by Crippen LogP contribution is 2.23. The number of esters is 1. The van der Waals surface area contributed by atoms with Crippen molar-refractivity contribution in [3.05, 3.63) is 76.7 Å². The number of nitrogens with zero attached hydrogens (tertiary/aromatic N) is 2. The molecule has 1 aromatic heterocycles. The SMILES string of the molecule is COC(=O)c1ccccc1NC(=O)c1cc(Nc2ccc(C)c(Cl)c2)ncn1. The molecule has 0 atom stereocenters. The van der Waals surface area contributed by atoms with Crippen LogP contribution in [0.1, 0.15) is 26.4 Å². The van der Waals surface area contributed by atoms with Crippen LogP contribution < -0.4 is 10.6 Å². The fourth-order valence-corrected chi connectivity index (χ4v) is 2.62. The number of methoxy groups -OCH3 is 1. The van der Waals surface area contributed by atoms with E-state index in [-0.39, 0.29) is 11.3 Å². The van der Waals surface area contributed by atoms with Crippen LogP contribution in [0.15, 0.2) is 54.9 Å². The summed E-state index contributed by atoms with van der Waals surface area (Å²) in [6.07, 6.45) is 1.28. The van der Waals surface area contributed by atoms with Crippen LogP contribution in [0, 0.1) is 6.92 Å². The van der Waals surface area contributed by atoms with E-state index < -0.39 is 11.9 Å². The summed E-state index contributed by atoms with van der Waals surface area (Å²) in [5.74, 6) is -0.595. The first-order valence-electron chi connectivity index (χ1n) is 8.32. The molecule has 2 aromatic carbocycles. The van der Waals surface area contributed by atoms with Gasteiger partial charge in [-0.15, -0.1) is 0 Å². The Hall–Kier alpha value is -3.45. The highest BCUT2D eigenvalue weighted by atomic mass is 35.5. The standard InChI is InChI=1S/C20H17ClN4O3/c1-12-7-8-13(9-15(12)21)24-18-10-17(22-11-23-18)19(26)25-16-6-4-3-5-14(16)20(27)28-2/h3-11H,1-2H3,(H,25,26)(H,22,23,24). The third kappa shape index (κ3) is 4.44. The number of hydrogen-bond donors (Lipinski definition) is 2. The zero-order valence-electron chi connectivity index (χ0n) is 15.2. The smallest absolute Gasteiger partial charge is 0.339 e. The number of rotatable bonds is 5. The van der Waals surface area contributed by atoms with Gasteiger partial charge in [0.15, 0.2) is 0 Å². The number of aryl methyl sites for hydroxylation is 1. The van der Waals surface area contributed by atoms with E-state index in [4.69, 9.17) is 16.3 Å². The van der Waals surface area contributed by atoms with Crippen molar-refractivity contribution in [3.63, 3.8) is 0 Å². The molecule has 0 aliphatic rings. The zero-order valence-corrected chi connectivity index (χ0v) is 15.9. The molecule has 2 N–H and O–H groups in total. The van der Waals surface area contributed by atoms with Crippen molar-refractivity contribution in [2.75, 3.05) is 17.7 Å². The molecule has 1 heterocycles. The average Bonchev–Trinajstić information content (AvgIpc) is 2.71. The van der Waals surface area contributed by atoms with Crippen LogP contribution in [0.25, 0.3) is 0 Å². The summed E-state index contributed by atoms with van der Waals surface area (Å²) in [4.78, 5) is 32.5. The number of amides is 1. The van der Waals surface area contributed by atoms with Crippen molar-refractivity contribution in [1.82, 2.24) is 9.97 Å². The van der Waals surface area contributed by atoms with Crippen LogP contribution in [0.2, 0.25) is 5.02 Å². The van der Waals surface area contributed by atoms with Crippen LogP contribution in [0.3, 0.4) is 0 Å². The second kappa shape index (κ2) is 8.49. The number of hydrogen-bond acceptors (Lipinski definition) is 6. The Morgan fingerprint density at radius 3 is 2.61 bits per heavy atom. The van der Waals surface area contributed by atoms with Crippen molar-refractivity contribution >= 4 is 40.7 Å². The van der Waals surface area contributed by atoms with Gasteiger partial charge in [0.1, 0.15) is 17.8 Å². The fraction of sp³-hybridized carbons (Fsp3) is 0.100. The Labute approximate surface area is 166 Å². The van der Waals surface area contributed by atoms with Crippen molar-refractivity contribution in [3.8, 4) is 0 Å². The third-order valence-corrected chi connectivity index (χ3v) is 4.33. The summed E-state index contributed by atoms with van der Waals surface area (Å²) in [5, 5.41) is 6.37. The van der Waals surface area contributed by atoms with E-state index >= 15 is 0 Å². The minimum Gasteiger partial charge on any atom is -0.465 e. The number of benzene rings is 2. The Morgan fingerprint density at radius 2 is 1.86 bits per heavy atom. The van der Waals surface area contributed by atoms with Gasteiger partial charge in [-0.05, 0) is 36.8 Å². The molecule has 0 unspecified atom stereocenters. The van der Waals surface area contributed by atoms with Gasteiger partial charge in [-0.3, -0.25) is 4.79 Å². The highest BCUT2D eigenvalue weighted by molar-refractivity contribution is 6.31. The summed E-state index contributed by atoms with van der Waals surface area (Å²) in [6, 6.07) is 13.6. The van der Waals surface area contributed by atoms with Crippen molar-refractivity contribution in [2.45, 2.75) is 6.92 Å². The summed E-state index contributed by atoms with van der Waals surface area (Å²) in [6.45, 7) is 1.91. The fourth-order valence-electron chi connectivity index (χ4n) is 2.43. The van der Waals surface area contributed by atoms with Crippen molar-refractivity contribution in [2.24, 2.45) is 0 Å². The molecular formula is C20H17ClN4O3. The van der Waals surface area contributed by atoms with E-state index in [1.807, 2.05) is 19.1 Å². The molecule has 3 aromatic rings. The minimum absolute atomic E-state index is 0.135. The Balaban J connectivity index is 1.79. The number of aromatic nitrogens is 2. The second-order valence-electron chi connectivity index (χ2n) is 5.87. The topological polar surface area (TPSA) is 93.2 Å². The predicted octanol–water partition coefficient (Wildman–Crippen LogP) is 4.22. The van der Waals surface area contributed by atoms with Gasteiger partial charge in [-0.2, -0.15) is 0 Å². The molecule has 7 nitrogen and oxygen atoms in total. The van der Waals surface area contributed by atoms with Crippen molar-refractivity contribution < 1.29 is 14.3 Å². The molecule has 0 aliphatic carbocycles. The first kappa shape index (κ1) is 19.3. The first-order chi connectivity index (χ1) is 13.5. The molecule has 0 radical (unpaired) electrons. The molecule has 0 saturated carbocycles. The largest absolute Gasteiger partial charge is 0.465 e. The Bertz CT molecular complexity index is 1040. The molecule has 0 spiro atoms. The van der Waals surface area contributed by atoms with Crippen LogP contribution in [-0.4, -0.2) is 29.0 Å². The van der Waals surface area contributed by atoms with Gasteiger partial charge in [-0.1, -0.05) is 29.8 Å². The van der Waals surface area contributed by atoms with Gasteiger partial charge in [0.05, 0.1) is 18.4 Å². The Kier molecular flexibility index (Phi) is 5.86. The lowest BCUT2D eigenvalue weighted by Gasteiger charge is -2.10. The van der Waals surface area contributed by atoms with Gasteiger partial charge in [0.2, 0.25) is 0 Å². The maximum Gasteiger partial charge on any atom is 0.339 e. The van der Waals surface area contributed by atoms with Crippen LogP contribution in [-0.2, 0) is 4.74 Å². The number of anilines is 3. The number of halogens is 1. The Morgan fingerprint density at radius 1 is 1.07 bits per heavy atom. The maximum absolute atomic E-state index is 12.6. The van der Waals surface area contributed by atoms with E-state index in [0.29, 0.717) is 16.5 Å². The van der Waals surface area contributed by atoms with Gasteiger partial charge >= 0.3 is 5.97 Å². The maximum atomic E-state index is 12.6. The number of carbonyl (C=O) groups is 2. The third-order valence-electron chi connectivity index (χ3n) is 3.92. The number of carbonyl (C=O) groups excluding carboxylic acids is 2. The number of ether oxygens (including phenoxy) is 1. The zero-order chi connectivity index (χ0) is 20.1. The van der Waals surface area contributed by atoms with Crippen molar-refractivity contribution in [1.29, 1.82) is 0 Å². The van der Waals surface area contributed by atoms with Gasteiger partial charge in [0, 0.05) is 16.8 Å². The summed E-state index contributed by atoms with van der Waals surface area (Å²) < 4.78 is 4.73. The summed E-state index contributed by atoms with van der Waals surface area (Å²) in [7, 11) is 1.28. The van der Waals surface area contributed by atoms with E-state index in [2.05, 4.69) is 20.6 Å². The predicted molar refractivity (Wildman–Crippen MR) is 107 cm³/mol. The number of nitrogens with one attached hydrogen (secondary N) is 2. The minimum atomic E-state index is -0.544. The first-order valence-corrected chi connectivity index (χ1v) is 8.69. The molecule has 8 heteroatoms. The molecule has 0 bridgehead atoms. The van der Waals surface area contributed by atoms with E-state index in [1.54, 1.807) is 30.3 Å². The molecular weight excluding hydrogens is 380 g/mol. The molecule has 0 fully saturated rings. The molecule has 142 valence electrons. The summed E-state index contributed by atoms with van der Waals surface area (Å²) in [5.41, 5.74) is 2.41. The lowest BCUT2D eigenvalue weighted by molar-refractivity contribution is 0.0602. The molecule has 1 amide bonds. The monoisotopic (exact) mass is 396 g/mol. The number of para-hydroxylation sites is 1. The van der Waals surface area contributed by atoms with Crippen LogP contribution >= 0.6 is 11.6 Å². The molecule has 0 saturated heterocycles. The normalized spacial score (nSPS) is 10.2. The average molecular weight is 397 g/mol. The molecule has 0 aliphatic heterocycles. The van der Waals surface area contributed by atoms with Crippen LogP contribution in [0.5, 0.6) is 0 Å². The van der Waals surface area contributed by atoms with Crippen LogP contribution in [0.4, 0.5) is 17.2 Å². The van der Waals surface area contributed by atoms with E-state index in [0.717, 1.165) is 11.3 Å². The molecule has 3 rings (SSSR count). The summed E-state index contributed by atoms with van der Waals surface area (Å²) >= 11 is 6.13. The van der Waals surface area contributed by atoms with Gasteiger partial charge in [0.25, 0.3) is 5.91 Å². The quantitative estimate of drug-likeness (QED) is 0.627. The lowest BCUT2D eigenvalue weighted by Crippen LogP contribution is -2.17.